The van der Waals surface area contributed by atoms with Crippen molar-refractivity contribution in [2.75, 3.05) is 13.6 Å². The van der Waals surface area contributed by atoms with Gasteiger partial charge in [-0.25, -0.2) is 4.98 Å². The molecule has 4 heteroatoms. The van der Waals surface area contributed by atoms with E-state index in [0.29, 0.717) is 5.92 Å². The minimum absolute atomic E-state index is 0.704. The van der Waals surface area contributed by atoms with Crippen molar-refractivity contribution in [2.45, 2.75) is 45.8 Å². The molecule has 1 saturated carbocycles. The van der Waals surface area contributed by atoms with E-state index < -0.39 is 0 Å². The molecule has 0 saturated heterocycles. The van der Waals surface area contributed by atoms with Gasteiger partial charge in [-0.3, -0.25) is 4.90 Å². The molecule has 0 atom stereocenters. The minimum atomic E-state index is 0.704. The van der Waals surface area contributed by atoms with Crippen LogP contribution in [0.2, 0.25) is 0 Å². The summed E-state index contributed by atoms with van der Waals surface area (Å²) < 4.78 is 0. The van der Waals surface area contributed by atoms with Gasteiger partial charge in [0.05, 0.1) is 5.69 Å². The molecule has 0 unspecified atom stereocenters. The third-order valence-electron chi connectivity index (χ3n) is 3.01. The van der Waals surface area contributed by atoms with Gasteiger partial charge in [-0.1, -0.05) is 13.8 Å². The van der Waals surface area contributed by atoms with Crippen LogP contribution in [0.15, 0.2) is 5.38 Å². The lowest BCUT2D eigenvalue weighted by Crippen LogP contribution is -2.20. The molecule has 1 aliphatic carbocycles. The Balaban J connectivity index is 1.74. The Morgan fingerprint density at radius 3 is 2.94 bits per heavy atom. The fourth-order valence-electron chi connectivity index (χ4n) is 1.87. The smallest absolute Gasteiger partial charge is 0.107 e. The zero-order valence-electron chi connectivity index (χ0n) is 11.1. The fourth-order valence-corrected chi connectivity index (χ4v) is 2.63. The first kappa shape index (κ1) is 13.0. The van der Waals surface area contributed by atoms with Crippen LogP contribution in [0.5, 0.6) is 0 Å². The lowest BCUT2D eigenvalue weighted by Gasteiger charge is -2.13. The first-order valence-electron chi connectivity index (χ1n) is 6.49. The predicted molar refractivity (Wildman–Crippen MR) is 73.1 cm³/mol. The van der Waals surface area contributed by atoms with E-state index in [1.165, 1.54) is 23.5 Å². The summed E-state index contributed by atoms with van der Waals surface area (Å²) in [5, 5.41) is 6.85. The number of aromatic nitrogens is 1. The van der Waals surface area contributed by atoms with Gasteiger partial charge < -0.3 is 5.32 Å². The van der Waals surface area contributed by atoms with Gasteiger partial charge in [0.15, 0.2) is 0 Å². The zero-order chi connectivity index (χ0) is 12.3. The first-order chi connectivity index (χ1) is 8.15. The molecule has 1 fully saturated rings. The Morgan fingerprint density at radius 1 is 1.53 bits per heavy atom. The van der Waals surface area contributed by atoms with Gasteiger partial charge >= 0.3 is 0 Å². The average Bonchev–Trinajstić information content (AvgIpc) is 3.02. The average molecular weight is 253 g/mol. The fraction of sp³-hybridized carbons (Fsp3) is 0.769. The van der Waals surface area contributed by atoms with E-state index in [1.807, 2.05) is 0 Å². The Morgan fingerprint density at radius 2 is 2.29 bits per heavy atom. The van der Waals surface area contributed by atoms with Crippen molar-refractivity contribution in [3.63, 3.8) is 0 Å². The van der Waals surface area contributed by atoms with Crippen molar-refractivity contribution < 1.29 is 0 Å². The third kappa shape index (κ3) is 4.37. The van der Waals surface area contributed by atoms with Crippen molar-refractivity contribution in [1.82, 2.24) is 15.2 Å². The van der Waals surface area contributed by atoms with Crippen molar-refractivity contribution >= 4 is 11.3 Å². The topological polar surface area (TPSA) is 28.2 Å². The molecule has 0 amide bonds. The normalized spacial score (nSPS) is 16.1. The van der Waals surface area contributed by atoms with E-state index >= 15 is 0 Å². The van der Waals surface area contributed by atoms with E-state index in [-0.39, 0.29) is 0 Å². The van der Waals surface area contributed by atoms with Crippen LogP contribution in [0.3, 0.4) is 0 Å². The summed E-state index contributed by atoms with van der Waals surface area (Å²) in [6.07, 6.45) is 2.73. The van der Waals surface area contributed by atoms with Crippen molar-refractivity contribution in [2.24, 2.45) is 5.92 Å². The third-order valence-corrected chi connectivity index (χ3v) is 3.91. The number of thiazole rings is 1. The van der Waals surface area contributed by atoms with Crippen LogP contribution in [0.25, 0.3) is 0 Å². The Hall–Kier alpha value is -0.450. The summed E-state index contributed by atoms with van der Waals surface area (Å²) >= 11 is 1.78. The molecule has 0 radical (unpaired) electrons. The summed E-state index contributed by atoms with van der Waals surface area (Å²) in [6, 6.07) is 0.819. The maximum absolute atomic E-state index is 4.67. The molecule has 0 aliphatic heterocycles. The van der Waals surface area contributed by atoms with Crippen molar-refractivity contribution in [3.05, 3.63) is 16.1 Å². The van der Waals surface area contributed by atoms with E-state index in [1.54, 1.807) is 11.3 Å². The highest BCUT2D eigenvalue weighted by Crippen LogP contribution is 2.26. The molecule has 1 aliphatic rings. The molecule has 17 heavy (non-hydrogen) atoms. The van der Waals surface area contributed by atoms with E-state index in [2.05, 4.69) is 41.5 Å². The second kappa shape index (κ2) is 5.94. The van der Waals surface area contributed by atoms with Gasteiger partial charge in [0.2, 0.25) is 0 Å². The molecular weight excluding hydrogens is 230 g/mol. The lowest BCUT2D eigenvalue weighted by molar-refractivity contribution is 0.313. The van der Waals surface area contributed by atoms with Gasteiger partial charge in [0, 0.05) is 24.5 Å². The second-order valence-corrected chi connectivity index (χ2v) is 6.35. The van der Waals surface area contributed by atoms with Gasteiger partial charge in [0.25, 0.3) is 0 Å². The molecule has 1 N–H and O–H groups in total. The highest BCUT2D eigenvalue weighted by atomic mass is 32.1. The number of hydrogen-bond donors (Lipinski definition) is 1. The van der Waals surface area contributed by atoms with Crippen LogP contribution in [0.4, 0.5) is 0 Å². The second-order valence-electron chi connectivity index (χ2n) is 5.40. The van der Waals surface area contributed by atoms with Crippen LogP contribution < -0.4 is 5.32 Å². The number of nitrogens with one attached hydrogen (secondary N) is 1. The maximum Gasteiger partial charge on any atom is 0.107 e. The SMILES string of the molecule is CC(C)CNCc1nc(CN(C)C2CC2)cs1. The molecule has 3 nitrogen and oxygen atoms in total. The Labute approximate surface area is 108 Å². The van der Waals surface area contributed by atoms with Gasteiger partial charge in [0.1, 0.15) is 5.01 Å². The lowest BCUT2D eigenvalue weighted by atomic mass is 10.2. The molecule has 1 heterocycles. The number of rotatable bonds is 7. The van der Waals surface area contributed by atoms with Crippen molar-refractivity contribution in [3.8, 4) is 0 Å². The van der Waals surface area contributed by atoms with Crippen LogP contribution in [0, 0.1) is 5.92 Å². The predicted octanol–water partition coefficient (Wildman–Crippen LogP) is 2.48. The highest BCUT2D eigenvalue weighted by molar-refractivity contribution is 7.09. The zero-order valence-corrected chi connectivity index (χ0v) is 11.9. The Kier molecular flexibility index (Phi) is 4.54. The van der Waals surface area contributed by atoms with E-state index in [4.69, 9.17) is 0 Å². The first-order valence-corrected chi connectivity index (χ1v) is 7.37. The summed E-state index contributed by atoms with van der Waals surface area (Å²) in [6.45, 7) is 7.44. The standard InChI is InChI=1S/C13H23N3S/c1-10(2)6-14-7-13-15-11(9-17-13)8-16(3)12-4-5-12/h9-10,12,14H,4-8H2,1-3H3. The summed E-state index contributed by atoms with van der Waals surface area (Å²) in [4.78, 5) is 7.09. The van der Waals surface area contributed by atoms with Gasteiger partial charge in [-0.05, 0) is 32.4 Å². The van der Waals surface area contributed by atoms with Crippen LogP contribution in [0.1, 0.15) is 37.4 Å². The highest BCUT2D eigenvalue weighted by Gasteiger charge is 2.26. The summed E-state index contributed by atoms with van der Waals surface area (Å²) in [5.41, 5.74) is 1.23. The van der Waals surface area contributed by atoms with Crippen LogP contribution in [-0.2, 0) is 13.1 Å². The molecule has 2 rings (SSSR count). The van der Waals surface area contributed by atoms with Crippen LogP contribution in [-0.4, -0.2) is 29.5 Å². The Bertz CT molecular complexity index is 344. The van der Waals surface area contributed by atoms with Crippen LogP contribution >= 0.6 is 11.3 Å². The maximum atomic E-state index is 4.67. The largest absolute Gasteiger partial charge is 0.310 e. The number of hydrogen-bond acceptors (Lipinski definition) is 4. The summed E-state index contributed by atoms with van der Waals surface area (Å²) in [5.74, 6) is 0.704. The molecule has 96 valence electrons. The minimum Gasteiger partial charge on any atom is -0.310 e. The monoisotopic (exact) mass is 253 g/mol. The van der Waals surface area contributed by atoms with Gasteiger partial charge in [-0.15, -0.1) is 11.3 Å². The molecule has 1 aromatic heterocycles. The summed E-state index contributed by atoms with van der Waals surface area (Å²) in [7, 11) is 2.20. The molecular formula is C13H23N3S. The van der Waals surface area contributed by atoms with E-state index in [9.17, 15) is 0 Å². The number of nitrogens with zero attached hydrogens (tertiary/aromatic N) is 2. The van der Waals surface area contributed by atoms with Gasteiger partial charge in [-0.2, -0.15) is 0 Å². The van der Waals surface area contributed by atoms with Crippen molar-refractivity contribution in [1.29, 1.82) is 0 Å². The molecule has 0 spiro atoms. The molecule has 0 aromatic carbocycles. The van der Waals surface area contributed by atoms with E-state index in [0.717, 1.165) is 25.7 Å². The molecule has 1 aromatic rings. The quantitative estimate of drug-likeness (QED) is 0.809. The molecule has 0 bridgehead atoms.